The van der Waals surface area contributed by atoms with E-state index in [0.717, 1.165) is 25.7 Å². The topological polar surface area (TPSA) is 80.8 Å². The van der Waals surface area contributed by atoms with Gasteiger partial charge < -0.3 is 4.90 Å². The minimum Gasteiger partial charge on any atom is -0.348 e. The van der Waals surface area contributed by atoms with Crippen molar-refractivity contribution in [3.8, 4) is 0 Å². The van der Waals surface area contributed by atoms with Crippen molar-refractivity contribution in [3.05, 3.63) is 44.9 Å². The van der Waals surface area contributed by atoms with Gasteiger partial charge in [-0.1, -0.05) is 25.3 Å². The Morgan fingerprint density at radius 3 is 2.74 bits per heavy atom. The normalized spacial score (nSPS) is 15.7. The van der Waals surface area contributed by atoms with Gasteiger partial charge >= 0.3 is 11.2 Å². The van der Waals surface area contributed by atoms with E-state index in [1.54, 1.807) is 18.2 Å². The Morgan fingerprint density at radius 2 is 2.09 bits per heavy atom. The monoisotopic (exact) mass is 316 g/mol. The summed E-state index contributed by atoms with van der Waals surface area (Å²) in [5.74, 6) is 0.209. The van der Waals surface area contributed by atoms with Gasteiger partial charge in [-0.25, -0.2) is 4.98 Å². The summed E-state index contributed by atoms with van der Waals surface area (Å²) in [6, 6.07) is 5.35. The van der Waals surface area contributed by atoms with Crippen LogP contribution < -0.4 is 10.5 Å². The van der Waals surface area contributed by atoms with E-state index in [4.69, 9.17) is 0 Å². The molecule has 1 aliphatic rings. The molecule has 7 nitrogen and oxygen atoms in total. The summed E-state index contributed by atoms with van der Waals surface area (Å²) in [5.41, 5.74) is -0.613. The van der Waals surface area contributed by atoms with Crippen LogP contribution in [0.1, 0.15) is 39.0 Å². The third-order valence-electron chi connectivity index (χ3n) is 4.50. The predicted octanol–water partition coefficient (Wildman–Crippen LogP) is 2.76. The fraction of sp³-hybridized carbons (Fsp3) is 0.500. The molecule has 1 aliphatic carbocycles. The first-order chi connectivity index (χ1) is 11.1. The molecule has 0 atom stereocenters. The summed E-state index contributed by atoms with van der Waals surface area (Å²) in [7, 11) is 0. The molecule has 0 saturated heterocycles. The molecule has 2 aromatic heterocycles. The van der Waals surface area contributed by atoms with Gasteiger partial charge in [0, 0.05) is 18.8 Å². The van der Waals surface area contributed by atoms with Crippen LogP contribution >= 0.6 is 0 Å². The van der Waals surface area contributed by atoms with Crippen LogP contribution in [-0.2, 0) is 0 Å². The predicted molar refractivity (Wildman–Crippen MR) is 88.0 cm³/mol. The Kier molecular flexibility index (Phi) is 4.27. The largest absolute Gasteiger partial charge is 0.376 e. The van der Waals surface area contributed by atoms with Gasteiger partial charge in [0.05, 0.1) is 4.92 Å². The molecule has 2 aromatic rings. The van der Waals surface area contributed by atoms with Crippen molar-refractivity contribution < 1.29 is 4.92 Å². The summed E-state index contributed by atoms with van der Waals surface area (Å²) in [6.07, 6.45) is 6.91. The summed E-state index contributed by atoms with van der Waals surface area (Å²) in [5, 5.41) is 11.5. The molecule has 23 heavy (non-hydrogen) atoms. The lowest BCUT2D eigenvalue weighted by atomic mass is 9.94. The first kappa shape index (κ1) is 15.5. The number of hydrogen-bond acceptors (Lipinski definition) is 5. The number of hydrogen-bond donors (Lipinski definition) is 0. The number of fused-ring (bicyclic) bond motifs is 1. The molecule has 0 spiro atoms. The third kappa shape index (κ3) is 2.78. The summed E-state index contributed by atoms with van der Waals surface area (Å²) in [4.78, 5) is 29.8. The quantitative estimate of drug-likeness (QED) is 0.640. The molecule has 3 rings (SSSR count). The molecule has 7 heteroatoms. The van der Waals surface area contributed by atoms with Crippen LogP contribution in [0.2, 0.25) is 0 Å². The fourth-order valence-corrected chi connectivity index (χ4v) is 3.40. The molecule has 0 amide bonds. The van der Waals surface area contributed by atoms with Crippen LogP contribution in [0.5, 0.6) is 0 Å². The number of anilines is 1. The molecule has 0 aromatic carbocycles. The number of aromatic nitrogens is 2. The second-order valence-corrected chi connectivity index (χ2v) is 5.85. The van der Waals surface area contributed by atoms with Gasteiger partial charge in [-0.3, -0.25) is 19.3 Å². The lowest BCUT2D eigenvalue weighted by Gasteiger charge is -2.34. The van der Waals surface area contributed by atoms with Gasteiger partial charge in [-0.05, 0) is 31.9 Å². The maximum absolute atomic E-state index is 12.5. The fourth-order valence-electron chi connectivity index (χ4n) is 3.40. The second-order valence-electron chi connectivity index (χ2n) is 5.85. The van der Waals surface area contributed by atoms with E-state index in [0.29, 0.717) is 12.2 Å². The molecule has 0 aliphatic heterocycles. The number of nitrogens with zero attached hydrogens (tertiary/aromatic N) is 4. The lowest BCUT2D eigenvalue weighted by Crippen LogP contribution is -2.39. The highest BCUT2D eigenvalue weighted by atomic mass is 16.6. The minimum atomic E-state index is -0.621. The molecular formula is C16H20N4O3. The van der Waals surface area contributed by atoms with E-state index in [-0.39, 0.29) is 11.9 Å². The molecule has 0 radical (unpaired) electrons. The van der Waals surface area contributed by atoms with E-state index < -0.39 is 16.2 Å². The molecule has 0 bridgehead atoms. The maximum Gasteiger partial charge on any atom is 0.376 e. The van der Waals surface area contributed by atoms with Crippen LogP contribution in [0.3, 0.4) is 0 Å². The Balaban J connectivity index is 2.19. The van der Waals surface area contributed by atoms with Crippen LogP contribution in [0, 0.1) is 10.1 Å². The molecule has 122 valence electrons. The highest BCUT2D eigenvalue weighted by Crippen LogP contribution is 2.30. The van der Waals surface area contributed by atoms with Crippen molar-refractivity contribution in [2.24, 2.45) is 0 Å². The van der Waals surface area contributed by atoms with Crippen molar-refractivity contribution >= 4 is 17.2 Å². The highest BCUT2D eigenvalue weighted by molar-refractivity contribution is 5.62. The van der Waals surface area contributed by atoms with Crippen molar-refractivity contribution in [1.82, 2.24) is 9.38 Å². The van der Waals surface area contributed by atoms with Gasteiger partial charge in [0.25, 0.3) is 0 Å². The number of nitro groups is 1. The Hall–Kier alpha value is -2.44. The molecule has 0 unspecified atom stereocenters. The first-order valence-corrected chi connectivity index (χ1v) is 8.06. The van der Waals surface area contributed by atoms with Crippen molar-refractivity contribution in [1.29, 1.82) is 0 Å². The number of pyridine rings is 1. The van der Waals surface area contributed by atoms with Crippen LogP contribution in [0.4, 0.5) is 11.5 Å². The van der Waals surface area contributed by atoms with Crippen molar-refractivity contribution in [2.45, 2.75) is 45.1 Å². The van der Waals surface area contributed by atoms with E-state index >= 15 is 0 Å². The first-order valence-electron chi connectivity index (χ1n) is 8.06. The summed E-state index contributed by atoms with van der Waals surface area (Å²) in [6.45, 7) is 2.55. The Morgan fingerprint density at radius 1 is 1.35 bits per heavy atom. The van der Waals surface area contributed by atoms with Gasteiger partial charge in [-0.2, -0.15) is 0 Å². The zero-order valence-corrected chi connectivity index (χ0v) is 13.1. The van der Waals surface area contributed by atoms with Gasteiger partial charge in [0.1, 0.15) is 5.65 Å². The third-order valence-corrected chi connectivity index (χ3v) is 4.50. The Labute approximate surface area is 133 Å². The van der Waals surface area contributed by atoms with Crippen LogP contribution in [-0.4, -0.2) is 26.9 Å². The highest BCUT2D eigenvalue weighted by Gasteiger charge is 2.31. The lowest BCUT2D eigenvalue weighted by molar-refractivity contribution is -0.385. The molecular weight excluding hydrogens is 296 g/mol. The second kappa shape index (κ2) is 6.36. The zero-order valence-electron chi connectivity index (χ0n) is 13.1. The van der Waals surface area contributed by atoms with E-state index in [1.807, 2.05) is 11.8 Å². The van der Waals surface area contributed by atoms with Crippen LogP contribution in [0.25, 0.3) is 5.65 Å². The van der Waals surface area contributed by atoms with Gasteiger partial charge in [0.15, 0.2) is 0 Å². The average molecular weight is 316 g/mol. The SMILES string of the molecule is CCN(c1nc2ccccn2c(=O)c1[N+](=O)[O-])C1CCCCC1. The number of rotatable bonds is 4. The molecule has 1 fully saturated rings. The summed E-state index contributed by atoms with van der Waals surface area (Å²) < 4.78 is 1.23. The van der Waals surface area contributed by atoms with Gasteiger partial charge in [0.2, 0.25) is 5.82 Å². The van der Waals surface area contributed by atoms with Crippen LogP contribution in [0.15, 0.2) is 29.2 Å². The smallest absolute Gasteiger partial charge is 0.348 e. The van der Waals surface area contributed by atoms with Crippen molar-refractivity contribution in [2.75, 3.05) is 11.4 Å². The molecule has 2 heterocycles. The standard InChI is InChI=1S/C16H20N4O3/c1-2-18(12-8-4-3-5-9-12)15-14(20(22)23)16(21)19-11-7-6-10-13(19)17-15/h6-7,10-12H,2-5,8-9H2,1H3. The minimum absolute atomic E-state index is 0.209. The molecule has 1 saturated carbocycles. The van der Waals surface area contributed by atoms with E-state index in [1.165, 1.54) is 17.0 Å². The van der Waals surface area contributed by atoms with Crippen molar-refractivity contribution in [3.63, 3.8) is 0 Å². The molecule has 0 N–H and O–H groups in total. The Bertz CT molecular complexity index is 780. The van der Waals surface area contributed by atoms with E-state index in [2.05, 4.69) is 4.98 Å². The average Bonchev–Trinajstić information content (AvgIpc) is 2.56. The maximum atomic E-state index is 12.5. The van der Waals surface area contributed by atoms with E-state index in [9.17, 15) is 14.9 Å². The van der Waals surface area contributed by atoms with Gasteiger partial charge in [-0.15, -0.1) is 0 Å². The summed E-state index contributed by atoms with van der Waals surface area (Å²) >= 11 is 0. The zero-order chi connectivity index (χ0) is 16.4.